The van der Waals surface area contributed by atoms with Crippen LogP contribution in [0.25, 0.3) is 0 Å². The van der Waals surface area contributed by atoms with Gasteiger partial charge >= 0.3 is 0 Å². The van der Waals surface area contributed by atoms with Gasteiger partial charge in [0.05, 0.1) is 12.3 Å². The number of rotatable bonds is 7. The van der Waals surface area contributed by atoms with E-state index in [4.69, 9.17) is 9.47 Å². The molecule has 4 rings (SSSR count). The predicted octanol–water partition coefficient (Wildman–Crippen LogP) is 3.48. The Morgan fingerprint density at radius 1 is 1.10 bits per heavy atom. The molecule has 3 aromatic rings. The van der Waals surface area contributed by atoms with Crippen LogP contribution in [0.4, 0.5) is 5.82 Å². The summed E-state index contributed by atoms with van der Waals surface area (Å²) in [5.74, 6) is 1.34. The number of benzene rings is 1. The van der Waals surface area contributed by atoms with Crippen LogP contribution >= 0.6 is 0 Å². The van der Waals surface area contributed by atoms with Crippen LogP contribution in [-0.2, 0) is 0 Å². The highest BCUT2D eigenvalue weighted by molar-refractivity contribution is 6.04. The molecule has 9 heteroatoms. The van der Waals surface area contributed by atoms with E-state index < -0.39 is 0 Å². The van der Waals surface area contributed by atoms with Gasteiger partial charge in [-0.25, -0.2) is 4.98 Å². The van der Waals surface area contributed by atoms with E-state index in [1.807, 2.05) is 13.8 Å². The fraction of sp³-hybridized carbons (Fsp3) is 0.273. The number of pyridine rings is 1. The monoisotopic (exact) mass is 421 g/mol. The highest BCUT2D eigenvalue weighted by Gasteiger charge is 2.22. The number of H-pyrrole nitrogens is 1. The lowest BCUT2D eigenvalue weighted by Gasteiger charge is -2.30. The van der Waals surface area contributed by atoms with Crippen LogP contribution < -0.4 is 14.8 Å². The fourth-order valence-electron chi connectivity index (χ4n) is 3.00. The molecule has 160 valence electrons. The first-order valence-corrected chi connectivity index (χ1v) is 10.0. The third-order valence-electron chi connectivity index (χ3n) is 4.59. The molecule has 1 fully saturated rings. The number of nitrogens with zero attached hydrogens (tertiary/aromatic N) is 3. The number of carbonyl (C=O) groups excluding carboxylic acids is 2. The molecule has 1 aliphatic heterocycles. The number of anilines is 1. The average molecular weight is 421 g/mol. The average Bonchev–Trinajstić information content (AvgIpc) is 3.19. The highest BCUT2D eigenvalue weighted by atomic mass is 16.5. The molecule has 1 saturated heterocycles. The molecule has 0 saturated carbocycles. The van der Waals surface area contributed by atoms with E-state index in [1.165, 1.54) is 6.20 Å². The van der Waals surface area contributed by atoms with Gasteiger partial charge in [0.15, 0.2) is 5.82 Å². The van der Waals surface area contributed by atoms with Crippen molar-refractivity contribution in [3.8, 4) is 17.2 Å². The third-order valence-corrected chi connectivity index (χ3v) is 4.59. The molecule has 0 radical (unpaired) electrons. The number of likely N-dealkylation sites (tertiary alicyclic amines) is 1. The topological polar surface area (TPSA) is 109 Å². The van der Waals surface area contributed by atoms with Crippen molar-refractivity contribution < 1.29 is 19.1 Å². The lowest BCUT2D eigenvalue weighted by Crippen LogP contribution is -2.42. The summed E-state index contributed by atoms with van der Waals surface area (Å²) in [6, 6.07) is 9.91. The number of ether oxygens (including phenoxy) is 2. The van der Waals surface area contributed by atoms with Gasteiger partial charge in [-0.3, -0.25) is 14.7 Å². The maximum absolute atomic E-state index is 12.6. The number of carbonyl (C=O) groups is 2. The minimum atomic E-state index is -0.347. The number of amides is 2. The van der Waals surface area contributed by atoms with Crippen molar-refractivity contribution in [2.75, 3.05) is 18.4 Å². The molecule has 0 aliphatic carbocycles. The smallest absolute Gasteiger partial charge is 0.272 e. The third kappa shape index (κ3) is 5.00. The van der Waals surface area contributed by atoms with Crippen LogP contribution in [0.15, 0.2) is 48.8 Å². The summed E-state index contributed by atoms with van der Waals surface area (Å²) in [7, 11) is 0. The number of aromatic nitrogens is 3. The van der Waals surface area contributed by atoms with Crippen molar-refractivity contribution in [2.24, 2.45) is 0 Å². The molecule has 2 amide bonds. The van der Waals surface area contributed by atoms with Crippen molar-refractivity contribution in [3.63, 3.8) is 0 Å². The Balaban J connectivity index is 1.53. The first kappa shape index (κ1) is 20.4. The molecule has 0 spiro atoms. The van der Waals surface area contributed by atoms with Gasteiger partial charge in [0.2, 0.25) is 0 Å². The normalized spacial score (nSPS) is 12.9. The second-order valence-corrected chi connectivity index (χ2v) is 7.40. The molecule has 1 aliphatic rings. The number of hydrogen-bond donors (Lipinski definition) is 2. The van der Waals surface area contributed by atoms with Crippen LogP contribution in [0.2, 0.25) is 0 Å². The summed E-state index contributed by atoms with van der Waals surface area (Å²) in [4.78, 5) is 30.9. The Kier molecular flexibility index (Phi) is 5.83. The summed E-state index contributed by atoms with van der Waals surface area (Å²) >= 11 is 0. The largest absolute Gasteiger partial charge is 0.491 e. The van der Waals surface area contributed by atoms with Crippen molar-refractivity contribution in [1.29, 1.82) is 0 Å². The van der Waals surface area contributed by atoms with Gasteiger partial charge in [0, 0.05) is 37.0 Å². The molecule has 0 bridgehead atoms. The fourth-order valence-corrected chi connectivity index (χ4v) is 3.00. The van der Waals surface area contributed by atoms with E-state index in [0.717, 1.165) is 19.5 Å². The minimum absolute atomic E-state index is 0.0778. The molecule has 9 nitrogen and oxygen atoms in total. The first-order valence-electron chi connectivity index (χ1n) is 10.0. The van der Waals surface area contributed by atoms with Gasteiger partial charge in [-0.05, 0) is 44.5 Å². The molecule has 2 aromatic heterocycles. The first-order chi connectivity index (χ1) is 15.0. The summed E-state index contributed by atoms with van der Waals surface area (Å²) in [5.41, 5.74) is 0.733. The lowest BCUT2D eigenvalue weighted by atomic mass is 10.2. The number of nitrogens with one attached hydrogen (secondary N) is 2. The van der Waals surface area contributed by atoms with Crippen LogP contribution in [-0.4, -0.2) is 51.1 Å². The molecule has 2 N–H and O–H groups in total. The van der Waals surface area contributed by atoms with Gasteiger partial charge in [-0.15, -0.1) is 0 Å². The second kappa shape index (κ2) is 8.86. The summed E-state index contributed by atoms with van der Waals surface area (Å²) in [6.07, 6.45) is 4.06. The Hall–Kier alpha value is -3.88. The van der Waals surface area contributed by atoms with E-state index in [-0.39, 0.29) is 17.9 Å². The van der Waals surface area contributed by atoms with Crippen LogP contribution in [0.5, 0.6) is 17.2 Å². The van der Waals surface area contributed by atoms with Crippen LogP contribution in [0.3, 0.4) is 0 Å². The predicted molar refractivity (Wildman–Crippen MR) is 114 cm³/mol. The lowest BCUT2D eigenvalue weighted by molar-refractivity contribution is 0.0645. The maximum Gasteiger partial charge on any atom is 0.272 e. The molecule has 0 unspecified atom stereocenters. The molecular weight excluding hydrogens is 398 g/mol. The van der Waals surface area contributed by atoms with E-state index in [0.29, 0.717) is 34.3 Å². The van der Waals surface area contributed by atoms with Crippen LogP contribution in [0.1, 0.15) is 41.1 Å². The van der Waals surface area contributed by atoms with Gasteiger partial charge in [0.1, 0.15) is 22.9 Å². The zero-order chi connectivity index (χ0) is 21.8. The molecule has 31 heavy (non-hydrogen) atoms. The molecule has 0 atom stereocenters. The van der Waals surface area contributed by atoms with Crippen molar-refractivity contribution >= 4 is 17.6 Å². The Bertz CT molecular complexity index is 1060. The maximum atomic E-state index is 12.6. The molecule has 1 aromatic carbocycles. The minimum Gasteiger partial charge on any atom is -0.491 e. The molecular formula is C22H23N5O4. The zero-order valence-corrected chi connectivity index (χ0v) is 17.3. The van der Waals surface area contributed by atoms with E-state index >= 15 is 0 Å². The SMILES string of the molecule is CC(C)Oc1cc(Oc2ccc(C(=O)N3CCC3)nc2)cc(C(=O)Nc2cc[nH]n2)c1. The summed E-state index contributed by atoms with van der Waals surface area (Å²) in [5, 5.41) is 9.28. The number of aromatic amines is 1. The van der Waals surface area contributed by atoms with Crippen molar-refractivity contribution in [2.45, 2.75) is 26.4 Å². The van der Waals surface area contributed by atoms with Gasteiger partial charge < -0.3 is 19.7 Å². The Morgan fingerprint density at radius 2 is 1.90 bits per heavy atom. The van der Waals surface area contributed by atoms with Gasteiger partial charge in [0.25, 0.3) is 11.8 Å². The Labute approximate surface area is 179 Å². The highest BCUT2D eigenvalue weighted by Crippen LogP contribution is 2.28. The van der Waals surface area contributed by atoms with Gasteiger partial charge in [-0.2, -0.15) is 5.10 Å². The standard InChI is InChI=1S/C22H23N5O4/c1-14(2)30-17-10-15(21(28)25-20-6-7-24-26-20)11-18(12-17)31-16-4-5-19(23-13-16)22(29)27-8-3-9-27/h4-7,10-14H,3,8-9H2,1-2H3,(H2,24,25,26,28). The molecule has 3 heterocycles. The van der Waals surface area contributed by atoms with Crippen molar-refractivity contribution in [1.82, 2.24) is 20.1 Å². The van der Waals surface area contributed by atoms with Crippen LogP contribution in [0, 0.1) is 0 Å². The van der Waals surface area contributed by atoms with Gasteiger partial charge in [-0.1, -0.05) is 0 Å². The van der Waals surface area contributed by atoms with E-state index in [2.05, 4.69) is 20.5 Å². The Morgan fingerprint density at radius 3 is 2.52 bits per heavy atom. The summed E-state index contributed by atoms with van der Waals surface area (Å²) in [6.45, 7) is 5.33. The zero-order valence-electron chi connectivity index (χ0n) is 17.3. The second-order valence-electron chi connectivity index (χ2n) is 7.40. The quantitative estimate of drug-likeness (QED) is 0.604. The summed E-state index contributed by atoms with van der Waals surface area (Å²) < 4.78 is 11.7. The van der Waals surface area contributed by atoms with Crippen molar-refractivity contribution in [3.05, 3.63) is 60.0 Å². The van der Waals surface area contributed by atoms with E-state index in [9.17, 15) is 9.59 Å². The number of hydrogen-bond acceptors (Lipinski definition) is 6. The van der Waals surface area contributed by atoms with E-state index in [1.54, 1.807) is 47.5 Å².